The van der Waals surface area contributed by atoms with E-state index in [4.69, 9.17) is 10.9 Å². The van der Waals surface area contributed by atoms with Crippen LogP contribution in [-0.4, -0.2) is 17.0 Å². The topological polar surface area (TPSA) is 87.7 Å². The van der Waals surface area contributed by atoms with Gasteiger partial charge in [0.1, 0.15) is 5.92 Å². The molecule has 1 aromatic rings. The Morgan fingerprint density at radius 3 is 2.53 bits per heavy atom. The highest BCUT2D eigenvalue weighted by atomic mass is 16.4. The minimum atomic E-state index is -0.648. The number of nitrogens with two attached hydrogens (primary N) is 1. The molecule has 0 saturated carbocycles. The summed E-state index contributed by atoms with van der Waals surface area (Å²) in [5.74, 6) is -1.04. The molecular formula is C14H21N3O2. The molecule has 104 valence electrons. The number of hydrogen-bond donors (Lipinski definition) is 3. The number of aryl methyl sites for hydroxylation is 2. The largest absolute Gasteiger partial charge is 0.409 e. The third kappa shape index (κ3) is 3.71. The molecule has 0 aliphatic rings. The van der Waals surface area contributed by atoms with Crippen molar-refractivity contribution in [3.63, 3.8) is 0 Å². The van der Waals surface area contributed by atoms with Crippen molar-refractivity contribution in [3.8, 4) is 0 Å². The van der Waals surface area contributed by atoms with Crippen LogP contribution in [0.5, 0.6) is 0 Å². The number of carbonyl (C=O) groups is 1. The van der Waals surface area contributed by atoms with E-state index in [1.54, 1.807) is 0 Å². The Kier molecular flexibility index (Phi) is 4.92. The second-order valence-electron chi connectivity index (χ2n) is 5.05. The summed E-state index contributed by atoms with van der Waals surface area (Å²) < 4.78 is 0. The number of hydrogen-bond acceptors (Lipinski definition) is 3. The maximum absolute atomic E-state index is 12.2. The monoisotopic (exact) mass is 263 g/mol. The van der Waals surface area contributed by atoms with E-state index in [9.17, 15) is 4.79 Å². The van der Waals surface area contributed by atoms with Crippen molar-refractivity contribution in [2.75, 3.05) is 5.32 Å². The number of carbonyl (C=O) groups excluding carboxylic acids is 1. The number of oxime groups is 1. The van der Waals surface area contributed by atoms with E-state index in [1.165, 1.54) is 0 Å². The quantitative estimate of drug-likeness (QED) is 0.337. The molecule has 0 bridgehead atoms. The Hall–Kier alpha value is -2.04. The third-order valence-electron chi connectivity index (χ3n) is 3.03. The van der Waals surface area contributed by atoms with Gasteiger partial charge in [-0.25, -0.2) is 0 Å². The second-order valence-corrected chi connectivity index (χ2v) is 5.05. The molecule has 1 amide bonds. The summed E-state index contributed by atoms with van der Waals surface area (Å²) in [5, 5.41) is 14.5. The number of nitrogens with zero attached hydrogens (tertiary/aromatic N) is 1. The van der Waals surface area contributed by atoms with Crippen molar-refractivity contribution in [2.24, 2.45) is 22.7 Å². The first kappa shape index (κ1) is 15.0. The van der Waals surface area contributed by atoms with Gasteiger partial charge in [0.05, 0.1) is 0 Å². The first-order valence-electron chi connectivity index (χ1n) is 6.22. The van der Waals surface area contributed by atoms with Crippen LogP contribution in [-0.2, 0) is 4.79 Å². The van der Waals surface area contributed by atoms with Gasteiger partial charge in [-0.1, -0.05) is 31.1 Å². The van der Waals surface area contributed by atoms with E-state index in [0.717, 1.165) is 16.8 Å². The minimum absolute atomic E-state index is 0.0546. The van der Waals surface area contributed by atoms with Crippen molar-refractivity contribution in [1.82, 2.24) is 0 Å². The summed E-state index contributed by atoms with van der Waals surface area (Å²) in [6, 6.07) is 5.82. The lowest BCUT2D eigenvalue weighted by atomic mass is 9.93. The van der Waals surface area contributed by atoms with E-state index in [-0.39, 0.29) is 17.7 Å². The molecule has 0 aliphatic carbocycles. The molecule has 1 unspecified atom stereocenters. The second kappa shape index (κ2) is 6.22. The lowest BCUT2D eigenvalue weighted by molar-refractivity contribution is -0.119. The lowest BCUT2D eigenvalue weighted by Gasteiger charge is -2.19. The van der Waals surface area contributed by atoms with Crippen LogP contribution in [0.15, 0.2) is 23.4 Å². The van der Waals surface area contributed by atoms with Crippen molar-refractivity contribution in [1.29, 1.82) is 0 Å². The van der Waals surface area contributed by atoms with Gasteiger partial charge in [0.15, 0.2) is 5.84 Å². The molecule has 5 nitrogen and oxygen atoms in total. The van der Waals surface area contributed by atoms with E-state index in [1.807, 2.05) is 45.9 Å². The SMILES string of the molecule is Cc1ccc(C)c(NC(=O)C(C(N)=NO)C(C)C)c1. The van der Waals surface area contributed by atoms with Crippen LogP contribution in [0.2, 0.25) is 0 Å². The van der Waals surface area contributed by atoms with E-state index < -0.39 is 5.92 Å². The van der Waals surface area contributed by atoms with E-state index in [0.29, 0.717) is 0 Å². The Labute approximate surface area is 113 Å². The fourth-order valence-corrected chi connectivity index (χ4v) is 1.92. The van der Waals surface area contributed by atoms with Crippen molar-refractivity contribution in [3.05, 3.63) is 29.3 Å². The van der Waals surface area contributed by atoms with Crippen LogP contribution in [0.3, 0.4) is 0 Å². The van der Waals surface area contributed by atoms with Gasteiger partial charge >= 0.3 is 0 Å². The number of benzene rings is 1. The van der Waals surface area contributed by atoms with Gasteiger partial charge in [0.25, 0.3) is 0 Å². The molecule has 1 aromatic carbocycles. The summed E-state index contributed by atoms with van der Waals surface area (Å²) in [6.45, 7) is 7.58. The molecule has 19 heavy (non-hydrogen) atoms. The number of anilines is 1. The molecular weight excluding hydrogens is 242 g/mol. The summed E-state index contributed by atoms with van der Waals surface area (Å²) in [4.78, 5) is 12.2. The van der Waals surface area contributed by atoms with Crippen LogP contribution in [0, 0.1) is 25.7 Å². The highest BCUT2D eigenvalue weighted by Gasteiger charge is 2.27. The van der Waals surface area contributed by atoms with Gasteiger partial charge < -0.3 is 16.3 Å². The molecule has 1 atom stereocenters. The third-order valence-corrected chi connectivity index (χ3v) is 3.03. The van der Waals surface area contributed by atoms with Crippen LogP contribution < -0.4 is 11.1 Å². The van der Waals surface area contributed by atoms with Gasteiger partial charge in [-0.15, -0.1) is 0 Å². The van der Waals surface area contributed by atoms with Crippen molar-refractivity contribution in [2.45, 2.75) is 27.7 Å². The zero-order chi connectivity index (χ0) is 14.6. The minimum Gasteiger partial charge on any atom is -0.409 e. The number of amides is 1. The molecule has 0 spiro atoms. The van der Waals surface area contributed by atoms with Crippen LogP contribution >= 0.6 is 0 Å². The number of amidine groups is 1. The highest BCUT2D eigenvalue weighted by Crippen LogP contribution is 2.19. The number of nitrogens with one attached hydrogen (secondary N) is 1. The average Bonchev–Trinajstić information content (AvgIpc) is 2.33. The van der Waals surface area contributed by atoms with Crippen LogP contribution in [0.4, 0.5) is 5.69 Å². The first-order chi connectivity index (χ1) is 8.86. The molecule has 4 N–H and O–H groups in total. The number of rotatable bonds is 4. The molecule has 0 radical (unpaired) electrons. The Balaban J connectivity index is 2.97. The fraction of sp³-hybridized carbons (Fsp3) is 0.429. The smallest absolute Gasteiger partial charge is 0.235 e. The fourth-order valence-electron chi connectivity index (χ4n) is 1.92. The predicted molar refractivity (Wildman–Crippen MR) is 76.3 cm³/mol. The zero-order valence-corrected chi connectivity index (χ0v) is 11.8. The van der Waals surface area contributed by atoms with Gasteiger partial charge in [-0.2, -0.15) is 0 Å². The Morgan fingerprint density at radius 1 is 1.37 bits per heavy atom. The summed E-state index contributed by atoms with van der Waals surface area (Å²) >= 11 is 0. The first-order valence-corrected chi connectivity index (χ1v) is 6.22. The van der Waals surface area contributed by atoms with Crippen molar-refractivity contribution < 1.29 is 10.0 Å². The van der Waals surface area contributed by atoms with Gasteiger partial charge in [0.2, 0.25) is 5.91 Å². The lowest BCUT2D eigenvalue weighted by Crippen LogP contribution is -2.38. The predicted octanol–water partition coefficient (Wildman–Crippen LogP) is 2.26. The normalized spacial score (nSPS) is 13.4. The van der Waals surface area contributed by atoms with Crippen molar-refractivity contribution >= 4 is 17.4 Å². The average molecular weight is 263 g/mol. The molecule has 0 heterocycles. The van der Waals surface area contributed by atoms with Gasteiger partial charge in [0, 0.05) is 5.69 Å². The molecule has 5 heteroatoms. The van der Waals surface area contributed by atoms with E-state index in [2.05, 4.69) is 10.5 Å². The van der Waals surface area contributed by atoms with Gasteiger partial charge in [-0.05, 0) is 37.0 Å². The zero-order valence-electron chi connectivity index (χ0n) is 11.8. The maximum Gasteiger partial charge on any atom is 0.235 e. The molecule has 0 aliphatic heterocycles. The van der Waals surface area contributed by atoms with E-state index >= 15 is 0 Å². The summed E-state index contributed by atoms with van der Waals surface area (Å²) in [6.07, 6.45) is 0. The Morgan fingerprint density at radius 2 is 2.00 bits per heavy atom. The van der Waals surface area contributed by atoms with Gasteiger partial charge in [-0.3, -0.25) is 4.79 Å². The maximum atomic E-state index is 12.2. The molecule has 0 fully saturated rings. The Bertz CT molecular complexity index is 495. The highest BCUT2D eigenvalue weighted by molar-refractivity contribution is 6.08. The van der Waals surface area contributed by atoms with Crippen LogP contribution in [0.25, 0.3) is 0 Å². The molecule has 0 aromatic heterocycles. The molecule has 0 saturated heterocycles. The summed E-state index contributed by atoms with van der Waals surface area (Å²) in [7, 11) is 0. The molecule has 1 rings (SSSR count). The summed E-state index contributed by atoms with van der Waals surface area (Å²) in [5.41, 5.74) is 8.37. The van der Waals surface area contributed by atoms with Crippen LogP contribution in [0.1, 0.15) is 25.0 Å². The standard InChI is InChI=1S/C14H21N3O2/c1-8(2)12(13(15)17-19)14(18)16-11-7-9(3)5-6-10(11)4/h5-8,12,19H,1-4H3,(H2,15,17)(H,16,18).